The fourth-order valence-electron chi connectivity index (χ4n) is 1.33. The van der Waals surface area contributed by atoms with Crippen LogP contribution in [-0.2, 0) is 14.8 Å². The van der Waals surface area contributed by atoms with E-state index >= 15 is 0 Å². The van der Waals surface area contributed by atoms with Gasteiger partial charge in [0.2, 0.25) is 10.0 Å². The zero-order valence-electron chi connectivity index (χ0n) is 10.5. The number of hydrogen-bond acceptors (Lipinski definition) is 5. The van der Waals surface area contributed by atoms with Crippen LogP contribution in [0, 0.1) is 0 Å². The number of ether oxygens (including phenoxy) is 2. The van der Waals surface area contributed by atoms with Gasteiger partial charge in [0.25, 0.3) is 0 Å². The van der Waals surface area contributed by atoms with E-state index in [1.54, 1.807) is 0 Å². The molecule has 0 radical (unpaired) electrons. The Balaban J connectivity index is 3.04. The van der Waals surface area contributed by atoms with Crippen LogP contribution in [0.4, 0.5) is 5.69 Å². The molecule has 2 N–H and O–H groups in total. The van der Waals surface area contributed by atoms with Crippen molar-refractivity contribution in [1.29, 1.82) is 0 Å². The van der Waals surface area contributed by atoms with Gasteiger partial charge in [-0.3, -0.25) is 4.72 Å². The van der Waals surface area contributed by atoms with Gasteiger partial charge in [-0.25, -0.2) is 13.2 Å². The third-order valence-electron chi connectivity index (χ3n) is 2.27. The minimum atomic E-state index is -3.62. The van der Waals surface area contributed by atoms with Gasteiger partial charge in [0.05, 0.1) is 30.7 Å². The minimum absolute atomic E-state index is 0.0368. The van der Waals surface area contributed by atoms with E-state index in [-0.39, 0.29) is 29.4 Å². The maximum Gasteiger partial charge on any atom is 0.335 e. The second kappa shape index (κ2) is 6.39. The van der Waals surface area contributed by atoms with Gasteiger partial charge in [0, 0.05) is 7.11 Å². The number of carboxylic acids is 1. The summed E-state index contributed by atoms with van der Waals surface area (Å²) in [4.78, 5) is 10.9. The smallest absolute Gasteiger partial charge is 0.335 e. The number of carbonyl (C=O) groups is 1. The number of nitrogens with one attached hydrogen (secondary N) is 1. The summed E-state index contributed by atoms with van der Waals surface area (Å²) in [7, 11) is -0.866. The lowest BCUT2D eigenvalue weighted by Crippen LogP contribution is -2.20. The Hall–Kier alpha value is -1.80. The summed E-state index contributed by atoms with van der Waals surface area (Å²) in [6, 6.07) is 3.91. The number of rotatable bonds is 7. The highest BCUT2D eigenvalue weighted by Crippen LogP contribution is 2.26. The van der Waals surface area contributed by atoms with E-state index in [2.05, 4.69) is 9.46 Å². The van der Waals surface area contributed by atoms with Gasteiger partial charge in [0.1, 0.15) is 5.75 Å². The van der Waals surface area contributed by atoms with Gasteiger partial charge < -0.3 is 14.6 Å². The summed E-state index contributed by atoms with van der Waals surface area (Å²) >= 11 is 0. The predicted octanol–water partition coefficient (Wildman–Crippen LogP) is 0.781. The lowest BCUT2D eigenvalue weighted by molar-refractivity contribution is 0.0697. The van der Waals surface area contributed by atoms with E-state index in [1.165, 1.54) is 32.4 Å². The van der Waals surface area contributed by atoms with Crippen LogP contribution in [0.5, 0.6) is 5.75 Å². The topological polar surface area (TPSA) is 102 Å². The number of anilines is 1. The van der Waals surface area contributed by atoms with Gasteiger partial charge >= 0.3 is 5.97 Å². The average Bonchev–Trinajstić information content (AvgIpc) is 2.35. The Kier molecular flexibility index (Phi) is 5.13. The number of sulfonamides is 1. The minimum Gasteiger partial charge on any atom is -0.495 e. The third kappa shape index (κ3) is 4.42. The first-order chi connectivity index (χ1) is 8.89. The van der Waals surface area contributed by atoms with Crippen LogP contribution in [0.2, 0.25) is 0 Å². The summed E-state index contributed by atoms with van der Waals surface area (Å²) in [5, 5.41) is 8.87. The van der Waals surface area contributed by atoms with Gasteiger partial charge in [0.15, 0.2) is 0 Å². The zero-order chi connectivity index (χ0) is 14.5. The monoisotopic (exact) mass is 289 g/mol. The molecule has 0 aromatic heterocycles. The lowest BCUT2D eigenvalue weighted by atomic mass is 10.2. The highest BCUT2D eigenvalue weighted by Gasteiger charge is 2.15. The molecule has 0 aliphatic heterocycles. The van der Waals surface area contributed by atoms with E-state index < -0.39 is 16.0 Å². The van der Waals surface area contributed by atoms with Gasteiger partial charge in [-0.15, -0.1) is 0 Å². The van der Waals surface area contributed by atoms with Crippen LogP contribution in [0.3, 0.4) is 0 Å². The molecule has 0 spiro atoms. The van der Waals surface area contributed by atoms with Crippen LogP contribution in [0.25, 0.3) is 0 Å². The number of methoxy groups -OCH3 is 2. The maximum absolute atomic E-state index is 11.7. The van der Waals surface area contributed by atoms with Crippen molar-refractivity contribution in [2.75, 3.05) is 31.3 Å². The van der Waals surface area contributed by atoms with Crippen molar-refractivity contribution in [1.82, 2.24) is 0 Å². The molecule has 0 fully saturated rings. The Morgan fingerprint density at radius 1 is 1.37 bits per heavy atom. The Labute approximate surface area is 111 Å². The fourth-order valence-corrected chi connectivity index (χ4v) is 2.32. The molecule has 106 valence electrons. The average molecular weight is 289 g/mol. The van der Waals surface area contributed by atoms with E-state index in [4.69, 9.17) is 9.84 Å². The molecule has 0 aliphatic rings. The molecule has 1 rings (SSSR count). The fraction of sp³-hybridized carbons (Fsp3) is 0.364. The first-order valence-electron chi connectivity index (χ1n) is 5.30. The molecule has 8 heteroatoms. The zero-order valence-corrected chi connectivity index (χ0v) is 11.4. The first kappa shape index (κ1) is 15.3. The van der Waals surface area contributed by atoms with E-state index in [0.29, 0.717) is 0 Å². The molecule has 0 saturated heterocycles. The first-order valence-corrected chi connectivity index (χ1v) is 6.95. The molecule has 19 heavy (non-hydrogen) atoms. The summed E-state index contributed by atoms with van der Waals surface area (Å²) in [6.07, 6.45) is 0. The molecule has 7 nitrogen and oxygen atoms in total. The summed E-state index contributed by atoms with van der Waals surface area (Å²) < 4.78 is 35.4. The van der Waals surface area contributed by atoms with E-state index in [9.17, 15) is 13.2 Å². The number of benzene rings is 1. The summed E-state index contributed by atoms with van der Waals surface area (Å²) in [6.45, 7) is 0.0380. The number of carboxylic acid groups (broad SMARTS) is 1. The van der Waals surface area contributed by atoms with Gasteiger partial charge in [-0.1, -0.05) is 0 Å². The Bertz CT molecular complexity index is 554. The highest BCUT2D eigenvalue weighted by atomic mass is 32.2. The molecule has 0 atom stereocenters. The SMILES string of the molecule is COCCS(=O)(=O)Nc1cc(C(=O)O)ccc1OC. The number of aromatic carboxylic acids is 1. The Morgan fingerprint density at radius 2 is 2.05 bits per heavy atom. The van der Waals surface area contributed by atoms with Gasteiger partial charge in [-0.05, 0) is 18.2 Å². The van der Waals surface area contributed by atoms with Crippen LogP contribution in [-0.4, -0.2) is 46.1 Å². The quantitative estimate of drug-likeness (QED) is 0.769. The summed E-state index contributed by atoms with van der Waals surface area (Å²) in [5.74, 6) is -1.14. The van der Waals surface area contributed by atoms with Gasteiger partial charge in [-0.2, -0.15) is 0 Å². The van der Waals surface area contributed by atoms with Crippen LogP contribution in [0.15, 0.2) is 18.2 Å². The third-order valence-corrected chi connectivity index (χ3v) is 3.50. The van der Waals surface area contributed by atoms with Crippen molar-refractivity contribution < 1.29 is 27.8 Å². The van der Waals surface area contributed by atoms with Crippen molar-refractivity contribution in [2.24, 2.45) is 0 Å². The van der Waals surface area contributed by atoms with Crippen molar-refractivity contribution >= 4 is 21.7 Å². The summed E-state index contributed by atoms with van der Waals surface area (Å²) in [5.41, 5.74) is 0.0451. The van der Waals surface area contributed by atoms with Crippen molar-refractivity contribution in [3.8, 4) is 5.75 Å². The largest absolute Gasteiger partial charge is 0.495 e. The molecule has 1 aromatic carbocycles. The van der Waals surface area contributed by atoms with Crippen molar-refractivity contribution in [3.63, 3.8) is 0 Å². The van der Waals surface area contributed by atoms with Crippen molar-refractivity contribution in [2.45, 2.75) is 0 Å². The standard InChI is InChI=1S/C11H15NO6S/c1-17-5-6-19(15,16)12-9-7-8(11(13)14)3-4-10(9)18-2/h3-4,7,12H,5-6H2,1-2H3,(H,13,14). The number of hydrogen-bond donors (Lipinski definition) is 2. The molecule has 1 aromatic rings. The molecule has 0 aliphatic carbocycles. The second-order valence-corrected chi connectivity index (χ2v) is 5.48. The van der Waals surface area contributed by atoms with Crippen molar-refractivity contribution in [3.05, 3.63) is 23.8 Å². The molecule has 0 heterocycles. The van der Waals surface area contributed by atoms with Crippen LogP contribution < -0.4 is 9.46 Å². The molecular weight excluding hydrogens is 274 g/mol. The van der Waals surface area contributed by atoms with E-state index in [0.717, 1.165) is 0 Å². The van der Waals surface area contributed by atoms with Crippen LogP contribution in [0.1, 0.15) is 10.4 Å². The molecule has 0 saturated carbocycles. The normalized spacial score (nSPS) is 11.1. The highest BCUT2D eigenvalue weighted by molar-refractivity contribution is 7.92. The molecule has 0 bridgehead atoms. The molecular formula is C11H15NO6S. The second-order valence-electron chi connectivity index (χ2n) is 3.63. The lowest BCUT2D eigenvalue weighted by Gasteiger charge is -2.12. The van der Waals surface area contributed by atoms with Crippen LogP contribution >= 0.6 is 0 Å². The molecule has 0 unspecified atom stereocenters. The van der Waals surface area contributed by atoms with E-state index in [1.807, 2.05) is 0 Å². The molecule has 0 amide bonds. The Morgan fingerprint density at radius 3 is 2.58 bits per heavy atom. The maximum atomic E-state index is 11.7. The predicted molar refractivity (Wildman–Crippen MR) is 69.2 cm³/mol.